The van der Waals surface area contributed by atoms with Crippen LogP contribution in [0, 0.1) is 0 Å². The van der Waals surface area contributed by atoms with Crippen LogP contribution < -0.4 is 9.47 Å². The second-order valence-corrected chi connectivity index (χ2v) is 6.86. The van der Waals surface area contributed by atoms with Gasteiger partial charge in [0.2, 0.25) is 0 Å². The monoisotopic (exact) mass is 356 g/mol. The summed E-state index contributed by atoms with van der Waals surface area (Å²) < 4.78 is 11.6. The van der Waals surface area contributed by atoms with Crippen molar-refractivity contribution in [3.05, 3.63) is 58.6 Å². The lowest BCUT2D eigenvalue weighted by Crippen LogP contribution is -2.40. The molecule has 0 fully saturated rings. The van der Waals surface area contributed by atoms with Gasteiger partial charge >= 0.3 is 0 Å². The van der Waals surface area contributed by atoms with E-state index in [0.29, 0.717) is 0 Å². The largest absolute Gasteiger partial charge is 0.497 e. The molecular weight excluding hydrogens is 336 g/mol. The Morgan fingerprint density at radius 2 is 2.16 bits per heavy atom. The molecule has 4 nitrogen and oxygen atoms in total. The molecule has 25 heavy (non-hydrogen) atoms. The first kappa shape index (κ1) is 16.3. The maximum absolute atomic E-state index is 6.23. The summed E-state index contributed by atoms with van der Waals surface area (Å²) in [6.45, 7) is 2.17. The molecule has 4 rings (SSSR count). The van der Waals surface area contributed by atoms with E-state index >= 15 is 0 Å². The molecule has 0 saturated heterocycles. The molecule has 0 saturated carbocycles. The molecule has 0 aromatic heterocycles. The van der Waals surface area contributed by atoms with E-state index in [1.54, 1.807) is 7.11 Å². The molecule has 5 heteroatoms. The van der Waals surface area contributed by atoms with Gasteiger partial charge < -0.3 is 9.47 Å². The zero-order chi connectivity index (χ0) is 17.4. The minimum Gasteiger partial charge on any atom is -0.497 e. The Morgan fingerprint density at radius 3 is 2.96 bits per heavy atom. The van der Waals surface area contributed by atoms with Crippen LogP contribution in [0.5, 0.6) is 11.5 Å². The fourth-order valence-electron chi connectivity index (χ4n) is 3.55. The first-order valence-corrected chi connectivity index (χ1v) is 9.03. The van der Waals surface area contributed by atoms with Gasteiger partial charge in [-0.25, -0.2) is 0 Å². The number of hydrogen-bond acceptors (Lipinski definition) is 4. The summed E-state index contributed by atoms with van der Waals surface area (Å²) in [5.41, 5.74) is 3.26. The van der Waals surface area contributed by atoms with Crippen LogP contribution in [-0.2, 0) is 0 Å². The number of hydrogen-bond donors (Lipinski definition) is 0. The van der Waals surface area contributed by atoms with E-state index in [-0.39, 0.29) is 12.3 Å². The Morgan fingerprint density at radius 1 is 1.28 bits per heavy atom. The predicted molar refractivity (Wildman–Crippen MR) is 99.5 cm³/mol. The van der Waals surface area contributed by atoms with E-state index in [4.69, 9.17) is 26.2 Å². The fourth-order valence-corrected chi connectivity index (χ4v) is 3.73. The van der Waals surface area contributed by atoms with Gasteiger partial charge in [0.05, 0.1) is 18.9 Å². The minimum atomic E-state index is -0.0354. The zero-order valence-corrected chi connectivity index (χ0v) is 15.2. The maximum Gasteiger partial charge on any atom is 0.187 e. The van der Waals surface area contributed by atoms with Crippen LogP contribution in [0.2, 0.25) is 5.02 Å². The molecule has 2 aromatic carbocycles. The molecule has 0 bridgehead atoms. The van der Waals surface area contributed by atoms with Crippen LogP contribution in [0.4, 0.5) is 0 Å². The van der Waals surface area contributed by atoms with Crippen molar-refractivity contribution in [2.75, 3.05) is 7.11 Å². The van der Waals surface area contributed by atoms with Gasteiger partial charge in [-0.05, 0) is 30.3 Å². The van der Waals surface area contributed by atoms with Crippen molar-refractivity contribution in [1.82, 2.24) is 5.01 Å². The van der Waals surface area contributed by atoms with E-state index in [9.17, 15) is 0 Å². The van der Waals surface area contributed by atoms with Gasteiger partial charge in [-0.1, -0.05) is 37.1 Å². The van der Waals surface area contributed by atoms with Gasteiger partial charge in [0, 0.05) is 29.0 Å². The van der Waals surface area contributed by atoms with Crippen LogP contribution in [0.15, 0.2) is 47.6 Å². The number of hydrazone groups is 1. The summed E-state index contributed by atoms with van der Waals surface area (Å²) in [5, 5.41) is 7.75. The van der Waals surface area contributed by atoms with Crippen molar-refractivity contribution < 1.29 is 9.47 Å². The van der Waals surface area contributed by atoms with E-state index in [1.807, 2.05) is 36.4 Å². The van der Waals surface area contributed by atoms with E-state index in [1.165, 1.54) is 0 Å². The second kappa shape index (κ2) is 6.60. The highest BCUT2D eigenvalue weighted by molar-refractivity contribution is 6.30. The maximum atomic E-state index is 6.23. The SMILES string of the molecule is CCC[C@@H]1Oc2ccc(Cl)cc2[C@H]2CC(c3cccc(OC)c3)=NN12. The third kappa shape index (κ3) is 2.95. The molecule has 0 N–H and O–H groups in total. The molecule has 2 aliphatic heterocycles. The Balaban J connectivity index is 1.72. The van der Waals surface area contributed by atoms with Crippen LogP contribution in [0.25, 0.3) is 0 Å². The van der Waals surface area contributed by atoms with E-state index in [2.05, 4.69) is 18.0 Å². The highest BCUT2D eigenvalue weighted by Gasteiger charge is 2.39. The summed E-state index contributed by atoms with van der Waals surface area (Å²) in [7, 11) is 1.68. The highest BCUT2D eigenvalue weighted by Crippen LogP contribution is 2.44. The molecule has 2 atom stereocenters. The quantitative estimate of drug-likeness (QED) is 0.771. The first-order valence-electron chi connectivity index (χ1n) is 8.66. The van der Waals surface area contributed by atoms with Crippen molar-refractivity contribution in [3.63, 3.8) is 0 Å². The van der Waals surface area contributed by atoms with Gasteiger partial charge in [0.25, 0.3) is 0 Å². The number of ether oxygens (including phenoxy) is 2. The Hall–Kier alpha value is -2.20. The summed E-state index contributed by atoms with van der Waals surface area (Å²) in [4.78, 5) is 0. The standard InChI is InChI=1S/C20H21ClN2O2/c1-3-5-20-23-18(16-11-14(21)8-9-19(16)25-20)12-17(22-23)13-6-4-7-15(10-13)24-2/h4,6-11,18,20H,3,5,12H2,1-2H3/t18-,20+/m1/s1. The summed E-state index contributed by atoms with van der Waals surface area (Å²) in [6.07, 6.45) is 2.78. The highest BCUT2D eigenvalue weighted by atomic mass is 35.5. The lowest BCUT2D eigenvalue weighted by molar-refractivity contribution is -0.0223. The lowest BCUT2D eigenvalue weighted by atomic mass is 9.96. The van der Waals surface area contributed by atoms with Crippen LogP contribution in [-0.4, -0.2) is 24.1 Å². The normalized spacial score (nSPS) is 21.2. The second-order valence-electron chi connectivity index (χ2n) is 6.42. The minimum absolute atomic E-state index is 0.0354. The number of rotatable bonds is 4. The van der Waals surface area contributed by atoms with Gasteiger partial charge in [-0.2, -0.15) is 5.10 Å². The number of methoxy groups -OCH3 is 1. The topological polar surface area (TPSA) is 34.1 Å². The van der Waals surface area contributed by atoms with E-state index < -0.39 is 0 Å². The molecule has 0 aliphatic carbocycles. The van der Waals surface area contributed by atoms with Crippen LogP contribution in [0.3, 0.4) is 0 Å². The molecule has 2 aromatic rings. The van der Waals surface area contributed by atoms with Gasteiger partial charge in [0.1, 0.15) is 11.5 Å². The lowest BCUT2D eigenvalue weighted by Gasteiger charge is -2.38. The molecule has 0 amide bonds. The Kier molecular flexibility index (Phi) is 4.30. The Bertz CT molecular complexity index is 821. The average molecular weight is 357 g/mol. The zero-order valence-electron chi connectivity index (χ0n) is 14.4. The van der Waals surface area contributed by atoms with Gasteiger partial charge in [-0.3, -0.25) is 5.01 Å². The first-order chi connectivity index (χ1) is 12.2. The average Bonchev–Trinajstić information content (AvgIpc) is 3.08. The number of fused-ring (bicyclic) bond motifs is 3. The molecule has 0 spiro atoms. The fraction of sp³-hybridized carbons (Fsp3) is 0.350. The molecule has 2 heterocycles. The third-order valence-electron chi connectivity index (χ3n) is 4.77. The number of nitrogens with zero attached hydrogens (tertiary/aromatic N) is 2. The van der Waals surface area contributed by atoms with Gasteiger partial charge in [-0.15, -0.1) is 0 Å². The van der Waals surface area contributed by atoms with Crippen molar-refractivity contribution in [3.8, 4) is 11.5 Å². The smallest absolute Gasteiger partial charge is 0.187 e. The van der Waals surface area contributed by atoms with Crippen molar-refractivity contribution in [2.24, 2.45) is 5.10 Å². The summed E-state index contributed by atoms with van der Waals surface area (Å²) in [6, 6.07) is 14.1. The van der Waals surface area contributed by atoms with Crippen molar-refractivity contribution in [2.45, 2.75) is 38.5 Å². The Labute approximate surface area is 153 Å². The molecule has 0 unspecified atom stereocenters. The van der Waals surface area contributed by atoms with Crippen molar-refractivity contribution in [1.29, 1.82) is 0 Å². The van der Waals surface area contributed by atoms with Crippen LogP contribution >= 0.6 is 11.6 Å². The number of halogens is 1. The van der Waals surface area contributed by atoms with E-state index in [0.717, 1.165) is 52.6 Å². The predicted octanol–water partition coefficient (Wildman–Crippen LogP) is 5.02. The molecule has 130 valence electrons. The summed E-state index contributed by atoms with van der Waals surface area (Å²) >= 11 is 6.23. The number of benzene rings is 2. The third-order valence-corrected chi connectivity index (χ3v) is 5.00. The summed E-state index contributed by atoms with van der Waals surface area (Å²) in [5.74, 6) is 1.76. The molecular formula is C20H21ClN2O2. The molecule has 2 aliphatic rings. The van der Waals surface area contributed by atoms with Crippen molar-refractivity contribution >= 4 is 17.3 Å². The van der Waals surface area contributed by atoms with Gasteiger partial charge in [0.15, 0.2) is 6.23 Å². The van der Waals surface area contributed by atoms with Crippen LogP contribution in [0.1, 0.15) is 43.4 Å². The molecule has 0 radical (unpaired) electrons.